The molecule has 0 saturated carbocycles. The van der Waals surface area contributed by atoms with Crippen LogP contribution in [0.3, 0.4) is 0 Å². The van der Waals surface area contributed by atoms with Crippen molar-refractivity contribution in [2.24, 2.45) is 0 Å². The van der Waals surface area contributed by atoms with Gasteiger partial charge in [-0.2, -0.15) is 0 Å². The molecule has 0 atom stereocenters. The first-order valence-corrected chi connectivity index (χ1v) is 18.6. The smallest absolute Gasteiger partial charge is 0.466 e. The van der Waals surface area contributed by atoms with Gasteiger partial charge in [0.15, 0.2) is 0 Å². The van der Waals surface area contributed by atoms with Gasteiger partial charge < -0.3 is 39.6 Å². The largest absolute Gasteiger partial charge is 0.506 e. The molecule has 5 aromatic rings. The Hall–Kier alpha value is -4.08. The number of phosphoric acid groups is 2. The van der Waals surface area contributed by atoms with Crippen LogP contribution in [-0.2, 0) is 9.13 Å². The van der Waals surface area contributed by atoms with Gasteiger partial charge in [-0.3, -0.25) is 0 Å². The first kappa shape index (κ1) is 40.4. The van der Waals surface area contributed by atoms with Crippen molar-refractivity contribution in [2.45, 2.75) is 55.4 Å². The molecule has 5 rings (SSSR count). The van der Waals surface area contributed by atoms with Gasteiger partial charge in [-0.25, -0.2) is 9.13 Å². The molecule has 0 amide bonds. The number of hydrogen-bond acceptors (Lipinski definition) is 4. The molecule has 0 aromatic heterocycles. The molecule has 0 aliphatic carbocycles. The van der Waals surface area contributed by atoms with Gasteiger partial charge in [-0.15, -0.1) is 0 Å². The second kappa shape index (κ2) is 15.9. The molecule has 0 fully saturated rings. The number of phenols is 2. The zero-order chi connectivity index (χ0) is 37.9. The Labute approximate surface area is 292 Å². The van der Waals surface area contributed by atoms with Crippen molar-refractivity contribution in [1.29, 1.82) is 0 Å². The predicted molar refractivity (Wildman–Crippen MR) is 198 cm³/mol. The zero-order valence-corrected chi connectivity index (χ0v) is 31.0. The van der Waals surface area contributed by atoms with E-state index in [4.69, 9.17) is 38.5 Å². The summed E-state index contributed by atoms with van der Waals surface area (Å²) in [6, 6.07) is 24.9. The van der Waals surface area contributed by atoms with Crippen LogP contribution in [0.25, 0.3) is 44.5 Å². The van der Waals surface area contributed by atoms with Gasteiger partial charge in [-0.05, 0) is 122 Å². The lowest BCUT2D eigenvalue weighted by molar-refractivity contribution is 0.272. The molecule has 0 aliphatic heterocycles. The highest BCUT2D eigenvalue weighted by Gasteiger charge is 2.31. The van der Waals surface area contributed by atoms with Crippen LogP contribution >= 0.6 is 15.6 Å². The van der Waals surface area contributed by atoms with E-state index in [0.29, 0.717) is 5.56 Å². The van der Waals surface area contributed by atoms with Crippen molar-refractivity contribution in [1.82, 2.24) is 0 Å². The van der Waals surface area contributed by atoms with Crippen LogP contribution in [0, 0.1) is 55.4 Å². The number of phenolic OH excluding ortho intramolecular Hbond substituents is 2. The maximum atomic E-state index is 12.4. The van der Waals surface area contributed by atoms with Crippen molar-refractivity contribution in [2.75, 3.05) is 0 Å². The topological polar surface area (TPSA) is 196 Å². The second-order valence-electron chi connectivity index (χ2n) is 12.3. The quantitative estimate of drug-likeness (QED) is 0.0835. The Balaban J connectivity index is 0.000000595. The summed E-state index contributed by atoms with van der Waals surface area (Å²) in [5.41, 5.74) is 15.3. The Morgan fingerprint density at radius 3 is 0.680 bits per heavy atom. The van der Waals surface area contributed by atoms with Crippen molar-refractivity contribution in [3.8, 4) is 56.0 Å². The molecule has 0 spiro atoms. The van der Waals surface area contributed by atoms with Crippen LogP contribution in [0.4, 0.5) is 0 Å². The molecule has 0 aliphatic rings. The van der Waals surface area contributed by atoms with Crippen LogP contribution in [0.2, 0.25) is 0 Å². The molecule has 0 unspecified atom stereocenters. The summed E-state index contributed by atoms with van der Waals surface area (Å²) >= 11 is 0. The molecular formula is C38H44O10P2. The van der Waals surface area contributed by atoms with E-state index in [1.807, 2.05) is 32.0 Å². The molecule has 0 saturated heterocycles. The summed E-state index contributed by atoms with van der Waals surface area (Å²) in [6.07, 6.45) is 0. The fourth-order valence-electron chi connectivity index (χ4n) is 6.53. The summed E-state index contributed by atoms with van der Waals surface area (Å²) in [6.45, 7) is 16.7. The summed E-state index contributed by atoms with van der Waals surface area (Å²) in [7, 11) is -9.28. The van der Waals surface area contributed by atoms with E-state index in [0.717, 1.165) is 83.5 Å². The summed E-state index contributed by atoms with van der Waals surface area (Å²) in [5.74, 6) is 0.222. The molecule has 50 heavy (non-hydrogen) atoms. The van der Waals surface area contributed by atoms with Crippen LogP contribution in [0.1, 0.15) is 44.5 Å². The summed E-state index contributed by atoms with van der Waals surface area (Å²) in [4.78, 5) is 43.1. The minimum Gasteiger partial charge on any atom is -0.506 e. The highest BCUT2D eigenvalue weighted by Crippen LogP contribution is 2.58. The molecule has 0 heterocycles. The molecule has 266 valence electrons. The Kier molecular flexibility index (Phi) is 12.8. The fraction of sp³-hybridized carbons (Fsp3) is 0.211. The number of aromatic hydroxyl groups is 2. The van der Waals surface area contributed by atoms with E-state index in [2.05, 4.69) is 96.1 Å². The number of rotatable bonds is 4. The second-order valence-corrected chi connectivity index (χ2v) is 14.3. The normalized spacial score (nSPS) is 11.3. The van der Waals surface area contributed by atoms with Crippen molar-refractivity contribution >= 4 is 15.6 Å². The highest BCUT2D eigenvalue weighted by molar-refractivity contribution is 7.45. The van der Waals surface area contributed by atoms with Gasteiger partial charge in [0.25, 0.3) is 0 Å². The Bertz CT molecular complexity index is 1950. The van der Waals surface area contributed by atoms with Crippen molar-refractivity contribution in [3.05, 3.63) is 117 Å². The Morgan fingerprint density at radius 2 is 0.480 bits per heavy atom. The van der Waals surface area contributed by atoms with Gasteiger partial charge in [-0.1, -0.05) is 72.8 Å². The van der Waals surface area contributed by atoms with Crippen LogP contribution in [-0.4, -0.2) is 39.6 Å². The van der Waals surface area contributed by atoms with E-state index in [9.17, 15) is 10.2 Å². The van der Waals surface area contributed by atoms with Crippen LogP contribution < -0.4 is 0 Å². The number of hydrogen-bond donors (Lipinski definition) is 8. The Morgan fingerprint density at radius 1 is 0.320 bits per heavy atom. The standard InChI is InChI=1S/C38H38O2.2H3O4P/c1-21-13-9-14-22(2)29(21)33-34(30-23(3)15-10-16-24(30)4)37(39)36(32-27(7)19-12-20-28(32)8)38(40)35(33)31-25(5)17-11-18-26(31)6;2*1-5(2,3)4/h9-20,39-40H,1-8H3;2*(H3,1,2,3,4). The molecule has 5 aromatic carbocycles. The predicted octanol–water partition coefficient (Wildman–Crippen LogP) is 8.38. The number of aryl methyl sites for hydroxylation is 8. The third-order valence-electron chi connectivity index (χ3n) is 8.37. The zero-order valence-electron chi connectivity index (χ0n) is 29.2. The van der Waals surface area contributed by atoms with Crippen molar-refractivity contribution in [3.63, 3.8) is 0 Å². The average Bonchev–Trinajstić information content (AvgIpc) is 2.95. The average molecular weight is 723 g/mol. The van der Waals surface area contributed by atoms with Gasteiger partial charge in [0.2, 0.25) is 0 Å². The first-order chi connectivity index (χ1) is 23.0. The van der Waals surface area contributed by atoms with Gasteiger partial charge >= 0.3 is 15.6 Å². The van der Waals surface area contributed by atoms with Gasteiger partial charge in [0, 0.05) is 16.7 Å². The van der Waals surface area contributed by atoms with E-state index in [1.165, 1.54) is 0 Å². The summed E-state index contributed by atoms with van der Waals surface area (Å²) < 4.78 is 17.8. The first-order valence-electron chi connectivity index (χ1n) is 15.5. The molecule has 8 N–H and O–H groups in total. The van der Waals surface area contributed by atoms with Crippen molar-refractivity contribution < 1.29 is 48.7 Å². The lowest BCUT2D eigenvalue weighted by Gasteiger charge is -2.28. The lowest BCUT2D eigenvalue weighted by Crippen LogP contribution is -2.03. The molecule has 0 radical (unpaired) electrons. The molecule has 12 heteroatoms. The van der Waals surface area contributed by atoms with Gasteiger partial charge in [0.1, 0.15) is 11.5 Å². The minimum absolute atomic E-state index is 0.111. The number of benzene rings is 5. The third kappa shape index (κ3) is 9.58. The van der Waals surface area contributed by atoms with Crippen LogP contribution in [0.5, 0.6) is 11.5 Å². The van der Waals surface area contributed by atoms with Gasteiger partial charge in [0.05, 0.1) is 5.56 Å². The molecule has 10 nitrogen and oxygen atoms in total. The maximum Gasteiger partial charge on any atom is 0.466 e. The SMILES string of the molecule is Cc1cccc(C)c1-c1c(O)c(-c2c(C)cccc2C)c(-c2c(C)cccc2C)c(-c2c(C)cccc2C)c1O.O=P(O)(O)O.O=P(O)(O)O. The van der Waals surface area contributed by atoms with E-state index >= 15 is 0 Å². The highest BCUT2D eigenvalue weighted by atomic mass is 31.2. The van der Waals surface area contributed by atoms with E-state index in [1.54, 1.807) is 0 Å². The van der Waals surface area contributed by atoms with E-state index < -0.39 is 15.6 Å². The monoisotopic (exact) mass is 722 g/mol. The van der Waals surface area contributed by atoms with Crippen LogP contribution in [0.15, 0.2) is 72.8 Å². The molecular weight excluding hydrogens is 678 g/mol. The lowest BCUT2D eigenvalue weighted by atomic mass is 9.77. The third-order valence-corrected chi connectivity index (χ3v) is 8.37. The maximum absolute atomic E-state index is 12.4. The molecule has 0 bridgehead atoms. The summed E-state index contributed by atoms with van der Waals surface area (Å²) in [5, 5.41) is 24.9. The van der Waals surface area contributed by atoms with E-state index in [-0.39, 0.29) is 11.5 Å². The minimum atomic E-state index is -4.64. The fourth-order valence-corrected chi connectivity index (χ4v) is 6.53.